The molecule has 33 heavy (non-hydrogen) atoms. The number of nitrogens with zero attached hydrogens (tertiary/aromatic N) is 3. The van der Waals surface area contributed by atoms with Gasteiger partial charge in [0.2, 0.25) is 0 Å². The van der Waals surface area contributed by atoms with E-state index < -0.39 is 0 Å². The number of ether oxygens (including phenoxy) is 1. The lowest BCUT2D eigenvalue weighted by Crippen LogP contribution is -2.32. The van der Waals surface area contributed by atoms with Gasteiger partial charge in [0.1, 0.15) is 16.2 Å². The van der Waals surface area contributed by atoms with Crippen LogP contribution in [-0.4, -0.2) is 32.1 Å². The van der Waals surface area contributed by atoms with Crippen molar-refractivity contribution in [2.24, 2.45) is 0 Å². The summed E-state index contributed by atoms with van der Waals surface area (Å²) in [6.07, 6.45) is 2.41. The third kappa shape index (κ3) is 4.28. The van der Waals surface area contributed by atoms with Crippen LogP contribution in [0.2, 0.25) is 5.02 Å². The Morgan fingerprint density at radius 3 is 2.70 bits per heavy atom. The summed E-state index contributed by atoms with van der Waals surface area (Å²) in [6, 6.07) is 6.99. The van der Waals surface area contributed by atoms with E-state index in [0.29, 0.717) is 28.9 Å². The van der Waals surface area contributed by atoms with E-state index in [0.717, 1.165) is 37.6 Å². The van der Waals surface area contributed by atoms with Crippen LogP contribution in [0, 0.1) is 0 Å². The van der Waals surface area contributed by atoms with Crippen molar-refractivity contribution < 1.29 is 9.53 Å². The van der Waals surface area contributed by atoms with E-state index in [-0.39, 0.29) is 11.4 Å². The van der Waals surface area contributed by atoms with Gasteiger partial charge in [0.15, 0.2) is 5.78 Å². The van der Waals surface area contributed by atoms with Crippen LogP contribution in [0.4, 0.5) is 0 Å². The molecule has 8 heteroatoms. The van der Waals surface area contributed by atoms with E-state index in [1.54, 1.807) is 41.9 Å². The number of carbonyl (C=O) groups excluding carboxylic acids is 1. The van der Waals surface area contributed by atoms with Crippen LogP contribution < -0.4 is 0 Å². The first-order chi connectivity index (χ1) is 15.7. The number of hydrogen-bond acceptors (Lipinski definition) is 7. The van der Waals surface area contributed by atoms with Gasteiger partial charge in [0.05, 0.1) is 33.9 Å². The SMILES string of the molecule is CC(C)c1nc2sc3c(SCC(=O)c4ccc(Cl)cc4)ncnc3c2c2c1COC(C)(C)C2. The number of benzene rings is 1. The van der Waals surface area contributed by atoms with Gasteiger partial charge >= 0.3 is 0 Å². The highest BCUT2D eigenvalue weighted by Crippen LogP contribution is 2.43. The summed E-state index contributed by atoms with van der Waals surface area (Å²) in [4.78, 5) is 27.9. The fraction of sp³-hybridized carbons (Fsp3) is 0.360. The molecule has 0 N–H and O–H groups in total. The Morgan fingerprint density at radius 1 is 1.21 bits per heavy atom. The number of halogens is 1. The Kier molecular flexibility index (Phi) is 5.93. The lowest BCUT2D eigenvalue weighted by Gasteiger charge is -2.33. The highest BCUT2D eigenvalue weighted by Gasteiger charge is 2.32. The van der Waals surface area contributed by atoms with Crippen LogP contribution in [0.3, 0.4) is 0 Å². The minimum Gasteiger partial charge on any atom is -0.370 e. The summed E-state index contributed by atoms with van der Waals surface area (Å²) < 4.78 is 7.13. The predicted molar refractivity (Wildman–Crippen MR) is 136 cm³/mol. The molecule has 0 saturated carbocycles. The standard InChI is InChI=1S/C25H24ClN3O2S2/c1-13(2)20-17-10-31-25(3,4)9-16(17)19-21-22(33-23(19)29-20)24(28-12-27-21)32-11-18(30)14-5-7-15(26)8-6-14/h5-8,12-13H,9-11H2,1-4H3. The Labute approximate surface area is 205 Å². The van der Waals surface area contributed by atoms with Crippen LogP contribution in [0.25, 0.3) is 20.4 Å². The molecule has 3 aromatic heterocycles. The summed E-state index contributed by atoms with van der Waals surface area (Å²) in [5.41, 5.74) is 4.91. The third-order valence-corrected chi connectivity index (χ3v) is 8.33. The molecule has 0 aliphatic carbocycles. The zero-order valence-corrected chi connectivity index (χ0v) is 21.3. The highest BCUT2D eigenvalue weighted by molar-refractivity contribution is 8.00. The number of aromatic nitrogens is 3. The van der Waals surface area contributed by atoms with Crippen molar-refractivity contribution in [1.29, 1.82) is 0 Å². The average Bonchev–Trinajstić information content (AvgIpc) is 3.16. The molecule has 1 aromatic carbocycles. The first-order valence-corrected chi connectivity index (χ1v) is 13.1. The molecule has 0 fully saturated rings. The summed E-state index contributed by atoms with van der Waals surface area (Å²) in [5.74, 6) is 0.641. The van der Waals surface area contributed by atoms with Crippen molar-refractivity contribution in [2.75, 3.05) is 5.75 Å². The molecule has 5 nitrogen and oxygen atoms in total. The minimum absolute atomic E-state index is 0.0426. The summed E-state index contributed by atoms with van der Waals surface area (Å²) in [6.45, 7) is 9.17. The van der Waals surface area contributed by atoms with Crippen molar-refractivity contribution >= 4 is 60.9 Å². The number of thiophene rings is 1. The molecule has 5 rings (SSSR count). The van der Waals surface area contributed by atoms with E-state index in [1.165, 1.54) is 22.9 Å². The topological polar surface area (TPSA) is 65.0 Å². The molecule has 0 unspecified atom stereocenters. The maximum absolute atomic E-state index is 12.7. The fourth-order valence-electron chi connectivity index (χ4n) is 4.24. The molecular weight excluding hydrogens is 474 g/mol. The van der Waals surface area contributed by atoms with Crippen LogP contribution in [0.1, 0.15) is 60.8 Å². The quantitative estimate of drug-likeness (QED) is 0.171. The molecule has 0 radical (unpaired) electrons. The predicted octanol–water partition coefficient (Wildman–Crippen LogP) is 6.84. The molecule has 1 aliphatic rings. The molecule has 4 heterocycles. The molecule has 0 saturated heterocycles. The monoisotopic (exact) mass is 497 g/mol. The van der Waals surface area contributed by atoms with Crippen molar-refractivity contribution in [3.63, 3.8) is 0 Å². The van der Waals surface area contributed by atoms with Gasteiger partial charge in [-0.05, 0) is 49.6 Å². The highest BCUT2D eigenvalue weighted by atomic mass is 35.5. The van der Waals surface area contributed by atoms with E-state index in [9.17, 15) is 4.79 Å². The van der Waals surface area contributed by atoms with Crippen molar-refractivity contribution in [1.82, 2.24) is 15.0 Å². The van der Waals surface area contributed by atoms with Gasteiger partial charge in [-0.2, -0.15) is 0 Å². The van der Waals surface area contributed by atoms with Crippen molar-refractivity contribution in [2.45, 2.75) is 57.3 Å². The first kappa shape index (κ1) is 22.7. The van der Waals surface area contributed by atoms with Gasteiger partial charge in [0, 0.05) is 28.0 Å². The largest absolute Gasteiger partial charge is 0.370 e. The number of pyridine rings is 1. The van der Waals surface area contributed by atoms with Crippen molar-refractivity contribution in [3.8, 4) is 0 Å². The number of ketones is 1. The maximum atomic E-state index is 12.7. The Morgan fingerprint density at radius 2 is 1.97 bits per heavy atom. The molecule has 0 atom stereocenters. The van der Waals surface area contributed by atoms with Gasteiger partial charge in [-0.25, -0.2) is 15.0 Å². The third-order valence-electron chi connectivity index (χ3n) is 5.88. The average molecular weight is 498 g/mol. The number of thioether (sulfide) groups is 1. The van der Waals surface area contributed by atoms with E-state index in [1.807, 2.05) is 0 Å². The Balaban J connectivity index is 1.58. The molecule has 4 aromatic rings. The second-order valence-electron chi connectivity index (χ2n) is 9.19. The lowest BCUT2D eigenvalue weighted by molar-refractivity contribution is -0.0402. The molecule has 0 bridgehead atoms. The number of Topliss-reactive ketones (excluding diaryl/α,β-unsaturated/α-hetero) is 1. The van der Waals surface area contributed by atoms with Gasteiger partial charge in [0.25, 0.3) is 0 Å². The molecular formula is C25H24ClN3O2S2. The zero-order valence-electron chi connectivity index (χ0n) is 18.9. The summed E-state index contributed by atoms with van der Waals surface area (Å²) >= 11 is 9.01. The smallest absolute Gasteiger partial charge is 0.173 e. The molecule has 1 aliphatic heterocycles. The van der Waals surface area contributed by atoms with E-state index >= 15 is 0 Å². The second-order valence-corrected chi connectivity index (χ2v) is 11.6. The van der Waals surface area contributed by atoms with Crippen LogP contribution >= 0.6 is 34.7 Å². The van der Waals surface area contributed by atoms with E-state index in [4.69, 9.17) is 21.3 Å². The summed E-state index contributed by atoms with van der Waals surface area (Å²) in [5, 5.41) is 2.54. The summed E-state index contributed by atoms with van der Waals surface area (Å²) in [7, 11) is 0. The van der Waals surface area contributed by atoms with Gasteiger partial charge in [-0.3, -0.25) is 4.79 Å². The zero-order chi connectivity index (χ0) is 23.3. The van der Waals surface area contributed by atoms with Gasteiger partial charge in [-0.1, -0.05) is 37.2 Å². The molecule has 170 valence electrons. The van der Waals surface area contributed by atoms with Gasteiger partial charge in [-0.15, -0.1) is 11.3 Å². The number of hydrogen-bond donors (Lipinski definition) is 0. The Hall–Kier alpha value is -2.06. The fourth-order valence-corrected chi connectivity index (χ4v) is 6.51. The van der Waals surface area contributed by atoms with E-state index in [2.05, 4.69) is 37.7 Å². The number of rotatable bonds is 5. The minimum atomic E-state index is -0.237. The maximum Gasteiger partial charge on any atom is 0.173 e. The van der Waals surface area contributed by atoms with Gasteiger partial charge < -0.3 is 4.74 Å². The number of fused-ring (bicyclic) bond motifs is 5. The number of carbonyl (C=O) groups is 1. The van der Waals surface area contributed by atoms with Crippen LogP contribution in [0.5, 0.6) is 0 Å². The Bertz CT molecular complexity index is 1380. The second kappa shape index (κ2) is 8.62. The molecule has 0 amide bonds. The van der Waals surface area contributed by atoms with Crippen LogP contribution in [-0.2, 0) is 17.8 Å². The van der Waals surface area contributed by atoms with Crippen LogP contribution in [0.15, 0.2) is 35.6 Å². The normalized spacial score (nSPS) is 15.3. The first-order valence-electron chi connectivity index (χ1n) is 10.9. The molecule has 0 spiro atoms. The lowest BCUT2D eigenvalue weighted by atomic mass is 9.87. The van der Waals surface area contributed by atoms with Crippen molar-refractivity contribution in [3.05, 3.63) is 58.0 Å².